The molecule has 1 aliphatic rings. The van der Waals surface area contributed by atoms with Crippen molar-refractivity contribution in [3.05, 3.63) is 18.2 Å². The Morgan fingerprint density at radius 2 is 2.60 bits per heavy atom. The number of aryl methyl sites for hydroxylation is 1. The molecule has 1 aromatic heterocycles. The molecule has 0 saturated carbocycles. The molecule has 0 aromatic carbocycles. The van der Waals surface area contributed by atoms with Crippen molar-refractivity contribution >= 4 is 0 Å². The fourth-order valence-electron chi connectivity index (χ4n) is 1.92. The van der Waals surface area contributed by atoms with Gasteiger partial charge in [-0.25, -0.2) is 4.98 Å². The van der Waals surface area contributed by atoms with Gasteiger partial charge in [0.15, 0.2) is 0 Å². The molecule has 4 nitrogen and oxygen atoms in total. The van der Waals surface area contributed by atoms with E-state index in [1.54, 1.807) is 6.33 Å². The van der Waals surface area contributed by atoms with Gasteiger partial charge in [0.2, 0.25) is 0 Å². The van der Waals surface area contributed by atoms with Crippen LogP contribution in [0.1, 0.15) is 18.5 Å². The summed E-state index contributed by atoms with van der Waals surface area (Å²) in [6, 6.07) is 0. The lowest BCUT2D eigenvalue weighted by molar-refractivity contribution is 0.0750. The zero-order valence-corrected chi connectivity index (χ0v) is 9.28. The summed E-state index contributed by atoms with van der Waals surface area (Å²) in [6.07, 6.45) is 6.23. The number of rotatable bonds is 4. The van der Waals surface area contributed by atoms with Gasteiger partial charge in [0.1, 0.15) is 0 Å². The Morgan fingerprint density at radius 3 is 3.27 bits per heavy atom. The molecule has 1 fully saturated rings. The molecule has 1 saturated heterocycles. The minimum Gasteiger partial charge on any atom is -0.375 e. The van der Waals surface area contributed by atoms with Crippen LogP contribution >= 0.6 is 0 Å². The average molecular weight is 209 g/mol. The van der Waals surface area contributed by atoms with Crippen molar-refractivity contribution in [1.82, 2.24) is 14.9 Å². The number of piperidine rings is 1. The SMILES string of the molecule is Cn1cncc1COC[C@H]1CCCNC1. The molecule has 0 amide bonds. The molecule has 0 bridgehead atoms. The normalized spacial score (nSPS) is 21.8. The van der Waals surface area contributed by atoms with Crippen molar-refractivity contribution in [2.75, 3.05) is 19.7 Å². The molecule has 1 aliphatic heterocycles. The van der Waals surface area contributed by atoms with Crippen molar-refractivity contribution in [3.8, 4) is 0 Å². The van der Waals surface area contributed by atoms with Crippen LogP contribution in [0.4, 0.5) is 0 Å². The first-order valence-electron chi connectivity index (χ1n) is 5.60. The summed E-state index contributed by atoms with van der Waals surface area (Å²) in [5.74, 6) is 0.687. The molecule has 2 heterocycles. The number of nitrogens with one attached hydrogen (secondary N) is 1. The summed E-state index contributed by atoms with van der Waals surface area (Å²) >= 11 is 0. The number of aromatic nitrogens is 2. The van der Waals surface area contributed by atoms with Crippen LogP contribution in [-0.4, -0.2) is 29.2 Å². The molecule has 0 spiro atoms. The molecule has 4 heteroatoms. The van der Waals surface area contributed by atoms with Gasteiger partial charge in [-0.05, 0) is 25.3 Å². The molecule has 1 atom stereocenters. The number of hydrogen-bond donors (Lipinski definition) is 1. The molecule has 0 radical (unpaired) electrons. The second-order valence-corrected chi connectivity index (χ2v) is 4.22. The Bertz CT molecular complexity index is 292. The fourth-order valence-corrected chi connectivity index (χ4v) is 1.92. The third-order valence-electron chi connectivity index (χ3n) is 2.92. The Labute approximate surface area is 90.6 Å². The zero-order valence-electron chi connectivity index (χ0n) is 9.28. The van der Waals surface area contributed by atoms with Gasteiger partial charge in [0.25, 0.3) is 0 Å². The van der Waals surface area contributed by atoms with E-state index >= 15 is 0 Å². The van der Waals surface area contributed by atoms with Gasteiger partial charge >= 0.3 is 0 Å². The van der Waals surface area contributed by atoms with Crippen LogP contribution in [0.2, 0.25) is 0 Å². The Kier molecular flexibility index (Phi) is 3.75. The van der Waals surface area contributed by atoms with Crippen molar-refractivity contribution < 1.29 is 4.74 Å². The van der Waals surface area contributed by atoms with E-state index in [2.05, 4.69) is 10.3 Å². The highest BCUT2D eigenvalue weighted by Gasteiger charge is 2.12. The maximum atomic E-state index is 5.70. The zero-order chi connectivity index (χ0) is 10.5. The standard InChI is InChI=1S/C11H19N3O/c1-14-9-13-6-11(14)8-15-7-10-3-2-4-12-5-10/h6,9-10,12H,2-5,7-8H2,1H3/t10-/m0/s1. The highest BCUT2D eigenvalue weighted by Crippen LogP contribution is 2.11. The molecule has 84 valence electrons. The number of imidazole rings is 1. The lowest BCUT2D eigenvalue weighted by Gasteiger charge is -2.22. The van der Waals surface area contributed by atoms with Gasteiger partial charge in [-0.1, -0.05) is 0 Å². The van der Waals surface area contributed by atoms with Gasteiger partial charge in [0.05, 0.1) is 31.4 Å². The number of nitrogens with zero attached hydrogens (tertiary/aromatic N) is 2. The molecular formula is C11H19N3O. The summed E-state index contributed by atoms with van der Waals surface area (Å²) in [7, 11) is 1.99. The van der Waals surface area contributed by atoms with E-state index in [-0.39, 0.29) is 0 Å². The van der Waals surface area contributed by atoms with Crippen molar-refractivity contribution in [2.45, 2.75) is 19.4 Å². The highest BCUT2D eigenvalue weighted by molar-refractivity contribution is 4.94. The van der Waals surface area contributed by atoms with Crippen molar-refractivity contribution in [2.24, 2.45) is 13.0 Å². The van der Waals surface area contributed by atoms with Crippen LogP contribution in [0.25, 0.3) is 0 Å². The monoisotopic (exact) mass is 209 g/mol. The third kappa shape index (κ3) is 3.04. The van der Waals surface area contributed by atoms with Crippen molar-refractivity contribution in [3.63, 3.8) is 0 Å². The minimum atomic E-state index is 0.674. The van der Waals surface area contributed by atoms with E-state index in [9.17, 15) is 0 Å². The molecule has 2 rings (SSSR count). The Hall–Kier alpha value is -0.870. The number of ether oxygens (including phenoxy) is 1. The summed E-state index contributed by atoms with van der Waals surface area (Å²) in [4.78, 5) is 4.06. The van der Waals surface area contributed by atoms with E-state index in [1.807, 2.05) is 17.8 Å². The lowest BCUT2D eigenvalue weighted by atomic mass is 10.0. The first-order chi connectivity index (χ1) is 7.36. The van der Waals surface area contributed by atoms with E-state index in [0.29, 0.717) is 12.5 Å². The predicted molar refractivity (Wildman–Crippen MR) is 58.5 cm³/mol. The van der Waals surface area contributed by atoms with Gasteiger partial charge in [-0.15, -0.1) is 0 Å². The van der Waals surface area contributed by atoms with Crippen LogP contribution in [0.3, 0.4) is 0 Å². The van der Waals surface area contributed by atoms with Crippen LogP contribution in [-0.2, 0) is 18.4 Å². The second-order valence-electron chi connectivity index (χ2n) is 4.22. The van der Waals surface area contributed by atoms with Gasteiger partial charge in [-0.2, -0.15) is 0 Å². The maximum Gasteiger partial charge on any atom is 0.0946 e. The largest absolute Gasteiger partial charge is 0.375 e. The van der Waals surface area contributed by atoms with E-state index in [0.717, 1.165) is 25.4 Å². The molecule has 1 aromatic rings. The molecule has 1 N–H and O–H groups in total. The Morgan fingerprint density at radius 1 is 1.67 bits per heavy atom. The summed E-state index contributed by atoms with van der Waals surface area (Å²) in [6.45, 7) is 3.80. The summed E-state index contributed by atoms with van der Waals surface area (Å²) < 4.78 is 7.70. The Balaban J connectivity index is 1.68. The second kappa shape index (κ2) is 5.28. The predicted octanol–water partition coefficient (Wildman–Crippen LogP) is 0.936. The molecule has 0 aliphatic carbocycles. The quantitative estimate of drug-likeness (QED) is 0.802. The molecular weight excluding hydrogens is 190 g/mol. The third-order valence-corrected chi connectivity index (χ3v) is 2.92. The van der Waals surface area contributed by atoms with Gasteiger partial charge in [-0.3, -0.25) is 0 Å². The highest BCUT2D eigenvalue weighted by atomic mass is 16.5. The molecule has 15 heavy (non-hydrogen) atoms. The average Bonchev–Trinajstić information content (AvgIpc) is 2.66. The summed E-state index contributed by atoms with van der Waals surface area (Å²) in [5.41, 5.74) is 1.14. The molecule has 0 unspecified atom stereocenters. The van der Waals surface area contributed by atoms with Crippen LogP contribution < -0.4 is 5.32 Å². The first kappa shape index (κ1) is 10.6. The van der Waals surface area contributed by atoms with Crippen LogP contribution in [0, 0.1) is 5.92 Å². The van der Waals surface area contributed by atoms with Crippen LogP contribution in [0.15, 0.2) is 12.5 Å². The van der Waals surface area contributed by atoms with Gasteiger partial charge < -0.3 is 14.6 Å². The summed E-state index contributed by atoms with van der Waals surface area (Å²) in [5, 5.41) is 3.39. The van der Waals surface area contributed by atoms with Crippen LogP contribution in [0.5, 0.6) is 0 Å². The smallest absolute Gasteiger partial charge is 0.0946 e. The van der Waals surface area contributed by atoms with Gasteiger partial charge in [0, 0.05) is 13.6 Å². The van der Waals surface area contributed by atoms with E-state index < -0.39 is 0 Å². The topological polar surface area (TPSA) is 39.1 Å². The first-order valence-corrected chi connectivity index (χ1v) is 5.60. The maximum absolute atomic E-state index is 5.70. The fraction of sp³-hybridized carbons (Fsp3) is 0.727. The lowest BCUT2D eigenvalue weighted by Crippen LogP contribution is -2.32. The van der Waals surface area contributed by atoms with E-state index in [4.69, 9.17) is 4.74 Å². The minimum absolute atomic E-state index is 0.674. The van der Waals surface area contributed by atoms with Crippen molar-refractivity contribution in [1.29, 1.82) is 0 Å². The number of hydrogen-bond acceptors (Lipinski definition) is 3. The van der Waals surface area contributed by atoms with E-state index in [1.165, 1.54) is 12.8 Å².